The lowest BCUT2D eigenvalue weighted by molar-refractivity contribution is -0.141. The fraction of sp³-hybridized carbons (Fsp3) is 0.190. The van der Waals surface area contributed by atoms with Gasteiger partial charge in [0.1, 0.15) is 12.4 Å². The molecular formula is C21H17FN2O3S. The van der Waals surface area contributed by atoms with E-state index < -0.39 is 11.9 Å². The quantitative estimate of drug-likeness (QED) is 0.754. The Labute approximate surface area is 166 Å². The number of thioether (sulfide) groups is 1. The predicted octanol–water partition coefficient (Wildman–Crippen LogP) is 3.64. The fourth-order valence-corrected chi connectivity index (χ4v) is 3.70. The van der Waals surface area contributed by atoms with Crippen LogP contribution in [-0.4, -0.2) is 17.6 Å². The van der Waals surface area contributed by atoms with E-state index in [-0.39, 0.29) is 30.5 Å². The molecule has 0 bridgehead atoms. The highest BCUT2D eigenvalue weighted by Crippen LogP contribution is 2.35. The summed E-state index contributed by atoms with van der Waals surface area (Å²) < 4.78 is 18.4. The Bertz CT molecular complexity index is 936. The largest absolute Gasteiger partial charge is 0.460 e. The van der Waals surface area contributed by atoms with Crippen LogP contribution in [0.2, 0.25) is 0 Å². The van der Waals surface area contributed by atoms with Crippen LogP contribution in [0.15, 0.2) is 65.2 Å². The molecule has 1 N–H and O–H groups in total. The highest BCUT2D eigenvalue weighted by Gasteiger charge is 2.30. The van der Waals surface area contributed by atoms with Crippen molar-refractivity contribution in [1.29, 1.82) is 5.26 Å². The number of rotatable bonds is 6. The van der Waals surface area contributed by atoms with Crippen LogP contribution >= 0.6 is 11.8 Å². The van der Waals surface area contributed by atoms with Gasteiger partial charge in [-0.05, 0) is 23.3 Å². The van der Waals surface area contributed by atoms with E-state index in [1.807, 2.05) is 30.3 Å². The number of halogens is 1. The Morgan fingerprint density at radius 3 is 2.61 bits per heavy atom. The summed E-state index contributed by atoms with van der Waals surface area (Å²) >= 11 is 1.06. The van der Waals surface area contributed by atoms with Gasteiger partial charge in [0.15, 0.2) is 0 Å². The zero-order chi connectivity index (χ0) is 19.9. The van der Waals surface area contributed by atoms with Crippen molar-refractivity contribution in [2.75, 3.05) is 5.75 Å². The first-order valence-corrected chi connectivity index (χ1v) is 9.57. The molecule has 0 spiro atoms. The lowest BCUT2D eigenvalue weighted by Gasteiger charge is -2.25. The van der Waals surface area contributed by atoms with Gasteiger partial charge in [-0.3, -0.25) is 9.59 Å². The van der Waals surface area contributed by atoms with E-state index in [1.54, 1.807) is 12.1 Å². The molecule has 142 valence electrons. The Morgan fingerprint density at radius 2 is 1.93 bits per heavy atom. The molecule has 1 amide bonds. The molecule has 28 heavy (non-hydrogen) atoms. The minimum absolute atomic E-state index is 0.0379. The van der Waals surface area contributed by atoms with E-state index in [1.165, 1.54) is 12.1 Å². The molecule has 0 radical (unpaired) electrons. The van der Waals surface area contributed by atoms with E-state index in [0.29, 0.717) is 16.2 Å². The lowest BCUT2D eigenvalue weighted by Crippen LogP contribution is -2.31. The SMILES string of the molecule is N#CC1=C(SCC(=O)OCc2ccccc2)NC(=O)CC1c1ccc(F)cc1. The molecule has 0 aliphatic carbocycles. The van der Waals surface area contributed by atoms with Crippen LogP contribution in [0.5, 0.6) is 0 Å². The molecule has 0 saturated heterocycles. The molecule has 0 aromatic heterocycles. The molecule has 1 aliphatic rings. The summed E-state index contributed by atoms with van der Waals surface area (Å²) in [6.45, 7) is 0.162. The van der Waals surface area contributed by atoms with Crippen LogP contribution in [0.3, 0.4) is 0 Å². The van der Waals surface area contributed by atoms with Gasteiger partial charge in [0.25, 0.3) is 0 Å². The minimum Gasteiger partial charge on any atom is -0.460 e. The lowest BCUT2D eigenvalue weighted by atomic mass is 9.87. The first-order chi connectivity index (χ1) is 13.6. The Balaban J connectivity index is 1.68. The fourth-order valence-electron chi connectivity index (χ4n) is 2.82. The maximum absolute atomic E-state index is 13.2. The number of benzene rings is 2. The van der Waals surface area contributed by atoms with Crippen LogP contribution in [0.1, 0.15) is 23.5 Å². The number of hydrogen-bond acceptors (Lipinski definition) is 5. The van der Waals surface area contributed by atoms with Crippen molar-refractivity contribution in [3.8, 4) is 6.07 Å². The second-order valence-corrected chi connectivity index (χ2v) is 7.13. The highest BCUT2D eigenvalue weighted by atomic mass is 32.2. The maximum atomic E-state index is 13.2. The molecule has 2 aromatic rings. The monoisotopic (exact) mass is 396 g/mol. The summed E-state index contributed by atoms with van der Waals surface area (Å²) in [6, 6.07) is 17.1. The smallest absolute Gasteiger partial charge is 0.316 e. The van der Waals surface area contributed by atoms with Gasteiger partial charge in [0, 0.05) is 12.3 Å². The molecule has 0 saturated carbocycles. The number of ether oxygens (including phenoxy) is 1. The minimum atomic E-state index is -0.470. The zero-order valence-corrected chi connectivity index (χ0v) is 15.7. The van der Waals surface area contributed by atoms with Crippen molar-refractivity contribution >= 4 is 23.6 Å². The summed E-state index contributed by atoms with van der Waals surface area (Å²) in [7, 11) is 0. The molecule has 7 heteroatoms. The Hall–Kier alpha value is -3.11. The van der Waals surface area contributed by atoms with Crippen LogP contribution < -0.4 is 5.32 Å². The molecule has 1 aliphatic heterocycles. The first-order valence-electron chi connectivity index (χ1n) is 8.58. The number of allylic oxidation sites excluding steroid dienone is 1. The van der Waals surface area contributed by atoms with Gasteiger partial charge in [-0.1, -0.05) is 54.2 Å². The second-order valence-electron chi connectivity index (χ2n) is 6.15. The number of amides is 1. The van der Waals surface area contributed by atoms with E-state index in [2.05, 4.69) is 11.4 Å². The van der Waals surface area contributed by atoms with E-state index in [9.17, 15) is 19.2 Å². The van der Waals surface area contributed by atoms with E-state index in [4.69, 9.17) is 4.74 Å². The van der Waals surface area contributed by atoms with Crippen molar-refractivity contribution in [1.82, 2.24) is 5.32 Å². The number of nitrogens with zero attached hydrogens (tertiary/aromatic N) is 1. The van der Waals surface area contributed by atoms with Gasteiger partial charge in [-0.2, -0.15) is 5.26 Å². The Morgan fingerprint density at radius 1 is 1.21 bits per heavy atom. The van der Waals surface area contributed by atoms with Crippen molar-refractivity contribution in [2.24, 2.45) is 0 Å². The molecular weight excluding hydrogens is 379 g/mol. The molecule has 0 fully saturated rings. The van der Waals surface area contributed by atoms with Gasteiger partial charge in [0.05, 0.1) is 22.4 Å². The number of carbonyl (C=O) groups excluding carboxylic acids is 2. The molecule has 1 heterocycles. The van der Waals surface area contributed by atoms with Crippen molar-refractivity contribution < 1.29 is 18.7 Å². The number of nitrogens with one attached hydrogen (secondary N) is 1. The van der Waals surface area contributed by atoms with E-state index in [0.717, 1.165) is 17.3 Å². The maximum Gasteiger partial charge on any atom is 0.316 e. The standard InChI is InChI=1S/C21H17FN2O3S/c22-16-8-6-15(7-9-16)17-10-19(25)24-21(18(17)11-23)28-13-20(26)27-12-14-4-2-1-3-5-14/h1-9,17H,10,12-13H2,(H,24,25). The molecule has 1 unspecified atom stereocenters. The average molecular weight is 396 g/mol. The normalized spacial score (nSPS) is 16.3. The first kappa shape index (κ1) is 19.6. The number of nitriles is 1. The van der Waals surface area contributed by atoms with Gasteiger partial charge < -0.3 is 10.1 Å². The number of esters is 1. The van der Waals surface area contributed by atoms with Crippen LogP contribution in [0, 0.1) is 17.1 Å². The van der Waals surface area contributed by atoms with Gasteiger partial charge in [-0.25, -0.2) is 4.39 Å². The third kappa shape index (κ3) is 4.99. The van der Waals surface area contributed by atoms with Gasteiger partial charge in [-0.15, -0.1) is 0 Å². The summed E-state index contributed by atoms with van der Waals surface area (Å²) in [5, 5.41) is 12.6. The number of hydrogen-bond donors (Lipinski definition) is 1. The molecule has 3 rings (SSSR count). The molecule has 1 atom stereocenters. The molecule has 5 nitrogen and oxygen atoms in total. The van der Waals surface area contributed by atoms with Gasteiger partial charge in [0.2, 0.25) is 5.91 Å². The molecule has 2 aromatic carbocycles. The zero-order valence-electron chi connectivity index (χ0n) is 14.9. The average Bonchev–Trinajstić information content (AvgIpc) is 2.71. The van der Waals surface area contributed by atoms with Crippen molar-refractivity contribution in [2.45, 2.75) is 18.9 Å². The predicted molar refractivity (Wildman–Crippen MR) is 103 cm³/mol. The topological polar surface area (TPSA) is 79.2 Å². The van der Waals surface area contributed by atoms with Gasteiger partial charge >= 0.3 is 5.97 Å². The third-order valence-electron chi connectivity index (χ3n) is 4.21. The van der Waals surface area contributed by atoms with E-state index >= 15 is 0 Å². The van der Waals surface area contributed by atoms with Crippen molar-refractivity contribution in [3.05, 3.63) is 82.1 Å². The number of carbonyl (C=O) groups is 2. The Kier molecular flexibility index (Phi) is 6.45. The van der Waals surface area contributed by atoms with Crippen LogP contribution in [0.4, 0.5) is 4.39 Å². The second kappa shape index (κ2) is 9.20. The highest BCUT2D eigenvalue weighted by molar-refractivity contribution is 8.03. The van der Waals surface area contributed by atoms with Crippen molar-refractivity contribution in [3.63, 3.8) is 0 Å². The summed E-state index contributed by atoms with van der Waals surface area (Å²) in [5.41, 5.74) is 1.91. The van der Waals surface area contributed by atoms with Crippen LogP contribution in [0.25, 0.3) is 0 Å². The summed E-state index contributed by atoms with van der Waals surface area (Å²) in [6.07, 6.45) is 0.0943. The summed E-state index contributed by atoms with van der Waals surface area (Å²) in [5.74, 6) is -1.60. The summed E-state index contributed by atoms with van der Waals surface area (Å²) in [4.78, 5) is 24.1. The third-order valence-corrected chi connectivity index (χ3v) is 5.20. The van der Waals surface area contributed by atoms with Crippen LogP contribution in [-0.2, 0) is 20.9 Å².